The molecular weight excluding hydrogens is 400 g/mol. The van der Waals surface area contributed by atoms with E-state index >= 15 is 0 Å². The fourth-order valence-electron chi connectivity index (χ4n) is 4.61. The van der Waals surface area contributed by atoms with Crippen LogP contribution in [-0.4, -0.2) is 48.8 Å². The van der Waals surface area contributed by atoms with Crippen LogP contribution in [0.3, 0.4) is 0 Å². The first kappa shape index (κ1) is 22.4. The molecule has 1 fully saturated rings. The van der Waals surface area contributed by atoms with Gasteiger partial charge >= 0.3 is 0 Å². The van der Waals surface area contributed by atoms with Crippen molar-refractivity contribution in [1.82, 2.24) is 9.47 Å². The summed E-state index contributed by atoms with van der Waals surface area (Å²) in [6, 6.07) is 16.8. The number of methoxy groups -OCH3 is 1. The standard InChI is InChI=1S/C27H34N2O3/c1-27(2,3)24(17-26(30)28-13-15-32-16-14-28)23-19-29(25-8-6-5-7-22(23)25)18-20-9-11-21(31-4)12-10-20/h5-12,19,24H,13-18H2,1-4H3/t24-/m0/s1. The molecule has 3 aromatic rings. The van der Waals surface area contributed by atoms with Crippen LogP contribution in [0.15, 0.2) is 54.7 Å². The Kier molecular flexibility index (Phi) is 6.56. The summed E-state index contributed by atoms with van der Waals surface area (Å²) in [4.78, 5) is 15.1. The van der Waals surface area contributed by atoms with E-state index in [-0.39, 0.29) is 17.2 Å². The maximum Gasteiger partial charge on any atom is 0.223 e. The summed E-state index contributed by atoms with van der Waals surface area (Å²) in [6.07, 6.45) is 2.78. The molecule has 0 bridgehead atoms. The van der Waals surface area contributed by atoms with Crippen molar-refractivity contribution < 1.29 is 14.3 Å². The van der Waals surface area contributed by atoms with Gasteiger partial charge in [-0.1, -0.05) is 51.1 Å². The van der Waals surface area contributed by atoms with Crippen molar-refractivity contribution in [2.75, 3.05) is 33.4 Å². The Hall–Kier alpha value is -2.79. The summed E-state index contributed by atoms with van der Waals surface area (Å²) in [5, 5.41) is 1.23. The first-order chi connectivity index (χ1) is 15.4. The third kappa shape index (κ3) is 4.83. The topological polar surface area (TPSA) is 43.7 Å². The van der Waals surface area contributed by atoms with Gasteiger partial charge in [0.05, 0.1) is 20.3 Å². The molecule has 5 nitrogen and oxygen atoms in total. The lowest BCUT2D eigenvalue weighted by atomic mass is 9.74. The summed E-state index contributed by atoms with van der Waals surface area (Å²) < 4.78 is 13.0. The lowest BCUT2D eigenvalue weighted by Crippen LogP contribution is -2.42. The predicted molar refractivity (Wildman–Crippen MR) is 128 cm³/mol. The van der Waals surface area contributed by atoms with Crippen molar-refractivity contribution in [3.63, 3.8) is 0 Å². The molecule has 170 valence electrons. The maximum absolute atomic E-state index is 13.2. The number of hydrogen-bond donors (Lipinski definition) is 0. The molecular formula is C27H34N2O3. The number of amides is 1. The monoisotopic (exact) mass is 434 g/mol. The van der Waals surface area contributed by atoms with E-state index in [0.29, 0.717) is 32.7 Å². The van der Waals surface area contributed by atoms with Crippen molar-refractivity contribution in [2.45, 2.75) is 39.7 Å². The minimum atomic E-state index is -0.0446. The van der Waals surface area contributed by atoms with E-state index in [4.69, 9.17) is 9.47 Å². The Balaban J connectivity index is 1.68. The quantitative estimate of drug-likeness (QED) is 0.544. The van der Waals surface area contributed by atoms with Crippen molar-refractivity contribution in [3.8, 4) is 5.75 Å². The number of fused-ring (bicyclic) bond motifs is 1. The number of para-hydroxylation sites is 1. The highest BCUT2D eigenvalue weighted by atomic mass is 16.5. The summed E-state index contributed by atoms with van der Waals surface area (Å²) in [5.74, 6) is 1.21. The molecule has 2 aromatic carbocycles. The highest BCUT2D eigenvalue weighted by Crippen LogP contribution is 2.42. The second-order valence-electron chi connectivity index (χ2n) is 9.69. The van der Waals surface area contributed by atoms with Crippen molar-refractivity contribution in [1.29, 1.82) is 0 Å². The minimum Gasteiger partial charge on any atom is -0.497 e. The number of ether oxygens (including phenoxy) is 2. The number of benzene rings is 2. The smallest absolute Gasteiger partial charge is 0.223 e. The van der Waals surface area contributed by atoms with Crippen LogP contribution in [0.1, 0.15) is 44.2 Å². The number of rotatable bonds is 6. The largest absolute Gasteiger partial charge is 0.497 e. The van der Waals surface area contributed by atoms with Gasteiger partial charge in [-0.3, -0.25) is 4.79 Å². The molecule has 1 atom stereocenters. The van der Waals surface area contributed by atoms with Gasteiger partial charge in [0.25, 0.3) is 0 Å². The average molecular weight is 435 g/mol. The van der Waals surface area contributed by atoms with E-state index in [1.54, 1.807) is 7.11 Å². The van der Waals surface area contributed by atoms with Crippen LogP contribution in [0.25, 0.3) is 10.9 Å². The van der Waals surface area contributed by atoms with Gasteiger partial charge in [-0.2, -0.15) is 0 Å². The van der Waals surface area contributed by atoms with Crippen molar-refractivity contribution in [2.24, 2.45) is 5.41 Å². The second-order valence-corrected chi connectivity index (χ2v) is 9.69. The van der Waals surface area contributed by atoms with Gasteiger partial charge < -0.3 is 18.9 Å². The minimum absolute atomic E-state index is 0.0446. The molecule has 32 heavy (non-hydrogen) atoms. The maximum atomic E-state index is 13.2. The Labute approximate surface area is 190 Å². The first-order valence-electron chi connectivity index (χ1n) is 11.4. The van der Waals surface area contributed by atoms with Gasteiger partial charge in [0.1, 0.15) is 5.75 Å². The van der Waals surface area contributed by atoms with Gasteiger partial charge in [0.2, 0.25) is 5.91 Å². The Morgan fingerprint density at radius 1 is 1.06 bits per heavy atom. The van der Waals surface area contributed by atoms with Crippen LogP contribution in [0.4, 0.5) is 0 Å². The molecule has 1 aromatic heterocycles. The van der Waals surface area contributed by atoms with Crippen LogP contribution in [0.5, 0.6) is 5.75 Å². The van der Waals surface area contributed by atoms with Gasteiger partial charge in [-0.15, -0.1) is 0 Å². The molecule has 1 saturated heterocycles. The molecule has 0 saturated carbocycles. The lowest BCUT2D eigenvalue weighted by molar-refractivity contribution is -0.136. The van der Waals surface area contributed by atoms with Crippen molar-refractivity contribution >= 4 is 16.8 Å². The fraction of sp³-hybridized carbons (Fsp3) is 0.444. The molecule has 0 unspecified atom stereocenters. The van der Waals surface area contributed by atoms with Crippen LogP contribution in [-0.2, 0) is 16.1 Å². The molecule has 0 N–H and O–H groups in total. The number of nitrogens with zero attached hydrogens (tertiary/aromatic N) is 2. The molecule has 2 heterocycles. The SMILES string of the molecule is COc1ccc(Cn2cc([C@H](CC(=O)N3CCOCC3)C(C)(C)C)c3ccccc32)cc1. The molecule has 1 aliphatic rings. The molecule has 4 rings (SSSR count). The summed E-state index contributed by atoms with van der Waals surface area (Å²) >= 11 is 0. The van der Waals surface area contributed by atoms with Gasteiger partial charge in [0, 0.05) is 43.2 Å². The van der Waals surface area contributed by atoms with Crippen LogP contribution in [0, 0.1) is 5.41 Å². The molecule has 0 radical (unpaired) electrons. The van der Waals surface area contributed by atoms with E-state index in [1.807, 2.05) is 17.0 Å². The first-order valence-corrected chi connectivity index (χ1v) is 11.4. The van der Waals surface area contributed by atoms with Crippen LogP contribution >= 0.6 is 0 Å². The van der Waals surface area contributed by atoms with E-state index in [2.05, 4.69) is 67.9 Å². The molecule has 5 heteroatoms. The fourth-order valence-corrected chi connectivity index (χ4v) is 4.61. The van der Waals surface area contributed by atoms with Crippen LogP contribution in [0.2, 0.25) is 0 Å². The number of aromatic nitrogens is 1. The molecule has 1 aliphatic heterocycles. The average Bonchev–Trinajstić information content (AvgIpc) is 3.15. The predicted octanol–water partition coefficient (Wildman–Crippen LogP) is 5.08. The highest BCUT2D eigenvalue weighted by molar-refractivity contribution is 5.86. The molecule has 0 spiro atoms. The van der Waals surface area contributed by atoms with E-state index < -0.39 is 0 Å². The second kappa shape index (κ2) is 9.37. The summed E-state index contributed by atoms with van der Waals surface area (Å²) in [6.45, 7) is 10.1. The summed E-state index contributed by atoms with van der Waals surface area (Å²) in [5.41, 5.74) is 3.63. The van der Waals surface area contributed by atoms with Gasteiger partial charge in [-0.05, 0) is 40.7 Å². The van der Waals surface area contributed by atoms with Crippen molar-refractivity contribution in [3.05, 3.63) is 65.9 Å². The number of hydrogen-bond acceptors (Lipinski definition) is 3. The third-order valence-corrected chi connectivity index (χ3v) is 6.49. The number of carbonyl (C=O) groups excluding carboxylic acids is 1. The van der Waals surface area contributed by atoms with E-state index in [9.17, 15) is 4.79 Å². The zero-order valence-electron chi connectivity index (χ0n) is 19.6. The zero-order chi connectivity index (χ0) is 22.7. The summed E-state index contributed by atoms with van der Waals surface area (Å²) in [7, 11) is 1.69. The van der Waals surface area contributed by atoms with Gasteiger partial charge in [0.15, 0.2) is 0 Å². The zero-order valence-corrected chi connectivity index (χ0v) is 19.6. The lowest BCUT2D eigenvalue weighted by Gasteiger charge is -2.34. The normalized spacial score (nSPS) is 15.7. The number of morpholine rings is 1. The van der Waals surface area contributed by atoms with Gasteiger partial charge in [-0.25, -0.2) is 0 Å². The number of carbonyl (C=O) groups is 1. The Morgan fingerprint density at radius 2 is 1.75 bits per heavy atom. The third-order valence-electron chi connectivity index (χ3n) is 6.49. The highest BCUT2D eigenvalue weighted by Gasteiger charge is 2.32. The van der Waals surface area contributed by atoms with Crippen LogP contribution < -0.4 is 4.74 Å². The van der Waals surface area contributed by atoms with E-state index in [1.165, 1.54) is 22.0 Å². The Bertz CT molecular complexity index is 1060. The van der Waals surface area contributed by atoms with E-state index in [0.717, 1.165) is 12.3 Å². The molecule has 0 aliphatic carbocycles. The Morgan fingerprint density at radius 3 is 2.41 bits per heavy atom. The molecule has 1 amide bonds.